The van der Waals surface area contributed by atoms with E-state index in [1.165, 1.54) is 0 Å². The second-order valence-corrected chi connectivity index (χ2v) is 5.22. The van der Waals surface area contributed by atoms with E-state index in [0.29, 0.717) is 6.42 Å². The molecule has 0 radical (unpaired) electrons. The number of para-hydroxylation sites is 1. The van der Waals surface area contributed by atoms with Gasteiger partial charge in [0.25, 0.3) is 0 Å². The number of carboxylic acids is 1. The summed E-state index contributed by atoms with van der Waals surface area (Å²) in [5.41, 5.74) is -0.496. The van der Waals surface area contributed by atoms with E-state index in [0.717, 1.165) is 11.3 Å². The van der Waals surface area contributed by atoms with Crippen molar-refractivity contribution in [2.45, 2.75) is 39.2 Å². The maximum Gasteiger partial charge on any atom is 0.323 e. The van der Waals surface area contributed by atoms with E-state index in [1.807, 2.05) is 24.3 Å². The number of esters is 1. The molecule has 1 N–H and O–H groups in total. The van der Waals surface area contributed by atoms with Crippen LogP contribution in [0.1, 0.15) is 32.3 Å². The lowest BCUT2D eigenvalue weighted by atomic mass is 9.79. The van der Waals surface area contributed by atoms with E-state index in [4.69, 9.17) is 9.47 Å². The van der Waals surface area contributed by atoms with Crippen LogP contribution in [0, 0.1) is 5.41 Å². The zero-order valence-electron chi connectivity index (χ0n) is 12.3. The van der Waals surface area contributed by atoms with Gasteiger partial charge in [0.05, 0.1) is 6.61 Å². The van der Waals surface area contributed by atoms with Crippen LogP contribution in [-0.2, 0) is 20.7 Å². The van der Waals surface area contributed by atoms with Crippen molar-refractivity contribution in [3.05, 3.63) is 29.8 Å². The summed E-state index contributed by atoms with van der Waals surface area (Å²) in [5, 5.41) is 9.54. The summed E-state index contributed by atoms with van der Waals surface area (Å²) in [7, 11) is 0. The zero-order chi connectivity index (χ0) is 15.5. The van der Waals surface area contributed by atoms with Crippen LogP contribution in [0.2, 0.25) is 0 Å². The lowest BCUT2D eigenvalue weighted by Crippen LogP contribution is -2.43. The quantitative estimate of drug-likeness (QED) is 0.644. The molecule has 5 nitrogen and oxygen atoms in total. The van der Waals surface area contributed by atoms with Crippen LogP contribution >= 0.6 is 0 Å². The number of fused-ring (bicyclic) bond motifs is 1. The van der Waals surface area contributed by atoms with E-state index in [9.17, 15) is 14.7 Å². The lowest BCUT2D eigenvalue weighted by Gasteiger charge is -2.28. The van der Waals surface area contributed by atoms with Crippen molar-refractivity contribution in [2.75, 3.05) is 6.61 Å². The van der Waals surface area contributed by atoms with Gasteiger partial charge in [-0.2, -0.15) is 0 Å². The first kappa shape index (κ1) is 15.4. The van der Waals surface area contributed by atoms with Crippen molar-refractivity contribution in [1.29, 1.82) is 0 Å². The average molecular weight is 292 g/mol. The molecule has 0 amide bonds. The number of hydrogen-bond donors (Lipinski definition) is 1. The van der Waals surface area contributed by atoms with Crippen molar-refractivity contribution in [2.24, 2.45) is 5.41 Å². The lowest BCUT2D eigenvalue weighted by molar-refractivity contribution is -0.171. The highest BCUT2D eigenvalue weighted by atomic mass is 16.5. The minimum atomic E-state index is -1.54. The highest BCUT2D eigenvalue weighted by molar-refractivity contribution is 5.99. The number of aliphatic carboxylic acids is 1. The molecular formula is C16H20O5. The largest absolute Gasteiger partial charge is 0.490 e. The molecule has 1 aliphatic rings. The van der Waals surface area contributed by atoms with Gasteiger partial charge in [-0.3, -0.25) is 9.59 Å². The first-order valence-corrected chi connectivity index (χ1v) is 7.18. The topological polar surface area (TPSA) is 72.8 Å². The molecule has 5 heteroatoms. The fourth-order valence-electron chi connectivity index (χ4n) is 2.72. The predicted octanol–water partition coefficient (Wildman–Crippen LogP) is 2.42. The molecule has 2 unspecified atom stereocenters. The Labute approximate surface area is 123 Å². The number of carbonyl (C=O) groups excluding carboxylic acids is 1. The molecule has 1 aromatic rings. The Bertz CT molecular complexity index is 514. The molecule has 114 valence electrons. The van der Waals surface area contributed by atoms with Crippen LogP contribution in [0.4, 0.5) is 0 Å². The average Bonchev–Trinajstić information content (AvgIpc) is 2.86. The minimum Gasteiger partial charge on any atom is -0.490 e. The Kier molecular flexibility index (Phi) is 4.50. The van der Waals surface area contributed by atoms with E-state index in [2.05, 4.69) is 0 Å². The van der Waals surface area contributed by atoms with Gasteiger partial charge < -0.3 is 14.6 Å². The van der Waals surface area contributed by atoms with Gasteiger partial charge in [0.2, 0.25) is 0 Å². The standard InChI is InChI=1S/C16H20O5/c1-3-16(14(17)18,15(19)20-4-2)10-12-9-11-7-5-6-8-13(11)21-12/h5-8,12H,3-4,9-10H2,1-2H3,(H,17,18). The predicted molar refractivity (Wildman–Crippen MR) is 76.2 cm³/mol. The second-order valence-electron chi connectivity index (χ2n) is 5.22. The second kappa shape index (κ2) is 6.16. The monoisotopic (exact) mass is 292 g/mol. The fraction of sp³-hybridized carbons (Fsp3) is 0.500. The number of rotatable bonds is 6. The number of hydrogen-bond acceptors (Lipinski definition) is 4. The van der Waals surface area contributed by atoms with E-state index in [-0.39, 0.29) is 25.6 Å². The van der Waals surface area contributed by atoms with Gasteiger partial charge in [0.1, 0.15) is 11.9 Å². The van der Waals surface area contributed by atoms with Crippen LogP contribution in [0.25, 0.3) is 0 Å². The Morgan fingerprint density at radius 2 is 2.10 bits per heavy atom. The smallest absolute Gasteiger partial charge is 0.323 e. The van der Waals surface area contributed by atoms with Crippen LogP contribution < -0.4 is 4.74 Å². The SMILES string of the molecule is CCOC(=O)C(CC)(CC1Cc2ccccc2O1)C(=O)O. The van der Waals surface area contributed by atoms with E-state index >= 15 is 0 Å². The molecule has 0 spiro atoms. The maximum atomic E-state index is 12.1. The highest BCUT2D eigenvalue weighted by Gasteiger charge is 2.49. The first-order valence-electron chi connectivity index (χ1n) is 7.18. The third-order valence-electron chi connectivity index (χ3n) is 3.97. The Morgan fingerprint density at radius 1 is 1.38 bits per heavy atom. The fourth-order valence-corrected chi connectivity index (χ4v) is 2.72. The third-order valence-corrected chi connectivity index (χ3v) is 3.97. The van der Waals surface area contributed by atoms with Crippen LogP contribution in [0.3, 0.4) is 0 Å². The van der Waals surface area contributed by atoms with Crippen LogP contribution in [-0.4, -0.2) is 29.8 Å². The zero-order valence-corrected chi connectivity index (χ0v) is 12.3. The summed E-state index contributed by atoms with van der Waals surface area (Å²) < 4.78 is 10.7. The Balaban J connectivity index is 2.18. The van der Waals surface area contributed by atoms with Crippen LogP contribution in [0.5, 0.6) is 5.75 Å². The van der Waals surface area contributed by atoms with Gasteiger partial charge in [0, 0.05) is 12.8 Å². The third kappa shape index (κ3) is 2.86. The summed E-state index contributed by atoms with van der Waals surface area (Å²) in [6.07, 6.45) is 0.594. The van der Waals surface area contributed by atoms with Crippen molar-refractivity contribution in [3.63, 3.8) is 0 Å². The number of ether oxygens (including phenoxy) is 2. The van der Waals surface area contributed by atoms with Crippen molar-refractivity contribution in [3.8, 4) is 5.75 Å². The molecule has 0 aliphatic carbocycles. The van der Waals surface area contributed by atoms with Gasteiger partial charge >= 0.3 is 11.9 Å². The molecule has 21 heavy (non-hydrogen) atoms. The summed E-state index contributed by atoms with van der Waals surface area (Å²) in [5.74, 6) is -1.07. The van der Waals surface area contributed by atoms with Gasteiger partial charge in [-0.25, -0.2) is 0 Å². The normalized spacial score (nSPS) is 19.2. The van der Waals surface area contributed by atoms with E-state index < -0.39 is 17.4 Å². The van der Waals surface area contributed by atoms with Gasteiger partial charge in [-0.05, 0) is 25.0 Å². The van der Waals surface area contributed by atoms with Crippen molar-refractivity contribution >= 4 is 11.9 Å². The molecule has 2 atom stereocenters. The molecule has 0 saturated carbocycles. The molecular weight excluding hydrogens is 272 g/mol. The van der Waals surface area contributed by atoms with E-state index in [1.54, 1.807) is 13.8 Å². The number of carboxylic acid groups (broad SMARTS) is 1. The number of carbonyl (C=O) groups is 2. The molecule has 2 rings (SSSR count). The van der Waals surface area contributed by atoms with Gasteiger partial charge in [-0.15, -0.1) is 0 Å². The van der Waals surface area contributed by atoms with Crippen molar-refractivity contribution in [1.82, 2.24) is 0 Å². The summed E-state index contributed by atoms with van der Waals surface area (Å²) in [6, 6.07) is 7.60. The molecule has 0 bridgehead atoms. The summed E-state index contributed by atoms with van der Waals surface area (Å²) >= 11 is 0. The summed E-state index contributed by atoms with van der Waals surface area (Å²) in [4.78, 5) is 23.8. The molecule has 0 aromatic heterocycles. The molecule has 0 fully saturated rings. The minimum absolute atomic E-state index is 0.117. The summed E-state index contributed by atoms with van der Waals surface area (Å²) in [6.45, 7) is 3.52. The maximum absolute atomic E-state index is 12.1. The highest BCUT2D eigenvalue weighted by Crippen LogP contribution is 2.37. The van der Waals surface area contributed by atoms with Gasteiger partial charge in [0.15, 0.2) is 5.41 Å². The first-order chi connectivity index (χ1) is 10.0. The van der Waals surface area contributed by atoms with Crippen LogP contribution in [0.15, 0.2) is 24.3 Å². The molecule has 1 aromatic carbocycles. The Morgan fingerprint density at radius 3 is 2.67 bits per heavy atom. The molecule has 0 saturated heterocycles. The Hall–Kier alpha value is -2.04. The van der Waals surface area contributed by atoms with Crippen molar-refractivity contribution < 1.29 is 24.2 Å². The number of benzene rings is 1. The molecule has 1 aliphatic heterocycles. The molecule has 1 heterocycles. The van der Waals surface area contributed by atoms with Gasteiger partial charge in [-0.1, -0.05) is 25.1 Å².